The molecule has 0 radical (unpaired) electrons. The van der Waals surface area contributed by atoms with E-state index in [2.05, 4.69) is 0 Å². The number of carboxylic acid groups (broad SMARTS) is 1. The number of carbonyl (C=O) groups is 2. The van der Waals surface area contributed by atoms with E-state index >= 15 is 0 Å². The van der Waals surface area contributed by atoms with Crippen molar-refractivity contribution >= 4 is 22.8 Å². The number of nitrogens with zero attached hydrogens (tertiary/aromatic N) is 2. The van der Waals surface area contributed by atoms with Crippen molar-refractivity contribution in [2.45, 2.75) is 6.18 Å². The van der Waals surface area contributed by atoms with Crippen molar-refractivity contribution in [1.82, 2.24) is 9.47 Å². The Labute approximate surface area is 141 Å². The summed E-state index contributed by atoms with van der Waals surface area (Å²) in [5, 5.41) is 9.20. The monoisotopic (exact) mass is 358 g/mol. The van der Waals surface area contributed by atoms with Crippen LogP contribution in [0.15, 0.2) is 24.3 Å². The second kappa shape index (κ2) is 7.14. The maximum absolute atomic E-state index is 12.8. The Morgan fingerprint density at radius 3 is 2.52 bits per heavy atom. The van der Waals surface area contributed by atoms with Gasteiger partial charge in [0.15, 0.2) is 0 Å². The summed E-state index contributed by atoms with van der Waals surface area (Å²) in [7, 11) is 2.96. The van der Waals surface area contributed by atoms with Crippen LogP contribution < -0.4 is 0 Å². The number of carbonyl (C=O) groups excluding carboxylic acids is 1. The van der Waals surface area contributed by atoms with Gasteiger partial charge in [0.1, 0.15) is 12.2 Å². The van der Waals surface area contributed by atoms with E-state index < -0.39 is 30.2 Å². The molecule has 0 bridgehead atoms. The zero-order valence-electron chi connectivity index (χ0n) is 13.6. The first kappa shape index (κ1) is 18.8. The first-order chi connectivity index (χ1) is 11.6. The average Bonchev–Trinajstić information content (AvgIpc) is 2.86. The number of benzene rings is 1. The lowest BCUT2D eigenvalue weighted by atomic mass is 10.1. The van der Waals surface area contributed by atoms with Crippen molar-refractivity contribution in [1.29, 1.82) is 0 Å². The van der Waals surface area contributed by atoms with Gasteiger partial charge in [-0.3, -0.25) is 9.59 Å². The molecular formula is C16H17F3N2O4. The summed E-state index contributed by atoms with van der Waals surface area (Å²) in [4.78, 5) is 24.7. The fourth-order valence-electron chi connectivity index (χ4n) is 2.51. The third-order valence-electron chi connectivity index (χ3n) is 3.77. The van der Waals surface area contributed by atoms with Crippen LogP contribution >= 0.6 is 0 Å². The largest absolute Gasteiger partial charge is 0.480 e. The molecule has 25 heavy (non-hydrogen) atoms. The Balaban J connectivity index is 2.42. The predicted molar refractivity (Wildman–Crippen MR) is 83.3 cm³/mol. The Hall–Kier alpha value is -2.55. The second-order valence-electron chi connectivity index (χ2n) is 5.47. The van der Waals surface area contributed by atoms with Crippen LogP contribution in [0.25, 0.3) is 10.9 Å². The van der Waals surface area contributed by atoms with Gasteiger partial charge < -0.3 is 19.3 Å². The molecule has 1 heterocycles. The van der Waals surface area contributed by atoms with E-state index in [1.165, 1.54) is 30.9 Å². The fraction of sp³-hybridized carbons (Fsp3) is 0.375. The quantitative estimate of drug-likeness (QED) is 0.861. The normalized spacial score (nSPS) is 11.7. The van der Waals surface area contributed by atoms with E-state index in [-0.39, 0.29) is 24.2 Å². The highest BCUT2D eigenvalue weighted by Gasteiger charge is 2.31. The molecule has 9 heteroatoms. The molecule has 0 unspecified atom stereocenters. The van der Waals surface area contributed by atoms with E-state index in [0.29, 0.717) is 5.52 Å². The number of carboxylic acids is 1. The highest BCUT2D eigenvalue weighted by Crippen LogP contribution is 2.32. The number of alkyl halides is 3. The summed E-state index contributed by atoms with van der Waals surface area (Å²) in [6, 6.07) is 4.51. The van der Waals surface area contributed by atoms with Crippen LogP contribution in [0.2, 0.25) is 0 Å². The summed E-state index contributed by atoms with van der Waals surface area (Å²) in [5.41, 5.74) is -0.267. The number of halogens is 3. The molecule has 1 N–H and O–H groups in total. The molecule has 0 aliphatic rings. The summed E-state index contributed by atoms with van der Waals surface area (Å²) < 4.78 is 44.8. The topological polar surface area (TPSA) is 71.8 Å². The van der Waals surface area contributed by atoms with E-state index in [9.17, 15) is 22.8 Å². The molecule has 0 saturated heterocycles. The minimum absolute atomic E-state index is 0.0525. The lowest BCUT2D eigenvalue weighted by Crippen LogP contribution is -2.38. The van der Waals surface area contributed by atoms with Crippen LogP contribution in [0, 0.1) is 0 Å². The molecular weight excluding hydrogens is 341 g/mol. The average molecular weight is 358 g/mol. The maximum atomic E-state index is 12.8. The second-order valence-corrected chi connectivity index (χ2v) is 5.47. The molecule has 0 aliphatic heterocycles. The van der Waals surface area contributed by atoms with Gasteiger partial charge in [0.2, 0.25) is 0 Å². The number of aryl methyl sites for hydroxylation is 1. The van der Waals surface area contributed by atoms with Crippen molar-refractivity contribution < 1.29 is 32.6 Å². The van der Waals surface area contributed by atoms with Crippen LogP contribution in [0.3, 0.4) is 0 Å². The number of fused-ring (bicyclic) bond motifs is 1. The Kier molecular flexibility index (Phi) is 5.36. The fourth-order valence-corrected chi connectivity index (χ4v) is 2.51. The van der Waals surface area contributed by atoms with Crippen LogP contribution in [0.4, 0.5) is 13.2 Å². The van der Waals surface area contributed by atoms with Crippen molar-refractivity contribution in [3.05, 3.63) is 35.5 Å². The van der Waals surface area contributed by atoms with Gasteiger partial charge >= 0.3 is 12.1 Å². The van der Waals surface area contributed by atoms with Crippen molar-refractivity contribution in [2.75, 3.05) is 26.8 Å². The van der Waals surface area contributed by atoms with E-state index in [0.717, 1.165) is 17.0 Å². The first-order valence-corrected chi connectivity index (χ1v) is 7.32. The number of aliphatic carboxylic acids is 1. The number of amides is 1. The molecule has 2 rings (SSSR count). The van der Waals surface area contributed by atoms with Crippen LogP contribution in [-0.4, -0.2) is 53.3 Å². The van der Waals surface area contributed by atoms with Gasteiger partial charge in [-0.15, -0.1) is 0 Å². The smallest absolute Gasteiger partial charge is 0.416 e. The summed E-state index contributed by atoms with van der Waals surface area (Å²) >= 11 is 0. The third kappa shape index (κ3) is 4.11. The first-order valence-electron chi connectivity index (χ1n) is 7.32. The zero-order valence-corrected chi connectivity index (χ0v) is 13.6. The SMILES string of the molecule is COCCN(CC(=O)O)C(=O)c1cc2cc(C(F)(F)F)ccc2n1C. The van der Waals surface area contributed by atoms with E-state index in [1.54, 1.807) is 0 Å². The standard InChI is InChI=1S/C16H17F3N2O4/c1-20-12-4-3-11(16(17,18)19)7-10(12)8-13(20)15(24)21(5-6-25-2)9-14(22)23/h3-4,7-8H,5-6,9H2,1-2H3,(H,22,23). The van der Waals surface area contributed by atoms with Gasteiger partial charge in [0.05, 0.1) is 12.2 Å². The molecule has 6 nitrogen and oxygen atoms in total. The molecule has 136 valence electrons. The number of ether oxygens (including phenoxy) is 1. The molecule has 1 aromatic carbocycles. The number of rotatable bonds is 6. The highest BCUT2D eigenvalue weighted by molar-refractivity contribution is 5.99. The van der Waals surface area contributed by atoms with Gasteiger partial charge in [-0.2, -0.15) is 13.2 Å². The number of methoxy groups -OCH3 is 1. The Morgan fingerprint density at radius 2 is 1.96 bits per heavy atom. The highest BCUT2D eigenvalue weighted by atomic mass is 19.4. The van der Waals surface area contributed by atoms with Gasteiger partial charge in [-0.1, -0.05) is 0 Å². The molecule has 0 fully saturated rings. The van der Waals surface area contributed by atoms with Gasteiger partial charge in [0.25, 0.3) is 5.91 Å². The minimum Gasteiger partial charge on any atom is -0.480 e. The molecule has 0 spiro atoms. The third-order valence-corrected chi connectivity index (χ3v) is 3.77. The predicted octanol–water partition coefficient (Wildman–Crippen LogP) is 2.37. The van der Waals surface area contributed by atoms with Crippen molar-refractivity contribution in [3.8, 4) is 0 Å². The summed E-state index contributed by atoms with van der Waals surface area (Å²) in [5.74, 6) is -1.78. The molecule has 1 amide bonds. The number of aromatic nitrogens is 1. The van der Waals surface area contributed by atoms with Gasteiger partial charge in [0, 0.05) is 31.6 Å². The number of hydrogen-bond acceptors (Lipinski definition) is 3. The lowest BCUT2D eigenvalue weighted by molar-refractivity contribution is -0.138. The minimum atomic E-state index is -4.48. The maximum Gasteiger partial charge on any atom is 0.416 e. The van der Waals surface area contributed by atoms with Gasteiger partial charge in [-0.25, -0.2) is 0 Å². The Bertz CT molecular complexity index is 799. The number of hydrogen-bond donors (Lipinski definition) is 1. The molecule has 0 saturated carbocycles. The molecule has 1 aromatic heterocycles. The summed E-state index contributed by atoms with van der Waals surface area (Å²) in [6.07, 6.45) is -4.48. The molecule has 0 atom stereocenters. The van der Waals surface area contributed by atoms with E-state index in [4.69, 9.17) is 9.84 Å². The van der Waals surface area contributed by atoms with Crippen molar-refractivity contribution in [2.24, 2.45) is 7.05 Å². The van der Waals surface area contributed by atoms with Gasteiger partial charge in [-0.05, 0) is 24.3 Å². The Morgan fingerprint density at radius 1 is 1.28 bits per heavy atom. The molecule has 0 aliphatic carbocycles. The van der Waals surface area contributed by atoms with Crippen LogP contribution in [0.1, 0.15) is 16.1 Å². The van der Waals surface area contributed by atoms with E-state index in [1.807, 2.05) is 0 Å². The lowest BCUT2D eigenvalue weighted by Gasteiger charge is -2.20. The molecule has 2 aromatic rings. The van der Waals surface area contributed by atoms with Crippen LogP contribution in [0.5, 0.6) is 0 Å². The van der Waals surface area contributed by atoms with Crippen molar-refractivity contribution in [3.63, 3.8) is 0 Å². The van der Waals surface area contributed by atoms with Crippen LogP contribution in [-0.2, 0) is 22.8 Å². The zero-order chi connectivity index (χ0) is 18.8. The summed E-state index contributed by atoms with van der Waals surface area (Å²) in [6.45, 7) is -0.338.